The van der Waals surface area contributed by atoms with E-state index in [4.69, 9.17) is 0 Å². The average Bonchev–Trinajstić information content (AvgIpc) is 2.76. The SMILES string of the molecule is CC(C)C1CCC(C2CCC(c3cc(F)c(-c4ccc(F)c(F)c4)c(F)c3)CC2)CC1. The van der Waals surface area contributed by atoms with Gasteiger partial charge in [0.05, 0.1) is 5.56 Å². The molecule has 0 unspecified atom stereocenters. The second kappa shape index (κ2) is 9.34. The van der Waals surface area contributed by atoms with Gasteiger partial charge in [-0.25, -0.2) is 17.6 Å². The smallest absolute Gasteiger partial charge is 0.159 e. The Morgan fingerprint density at radius 1 is 0.645 bits per heavy atom. The van der Waals surface area contributed by atoms with E-state index in [9.17, 15) is 17.6 Å². The fourth-order valence-corrected chi connectivity index (χ4v) is 5.96. The van der Waals surface area contributed by atoms with Crippen molar-refractivity contribution in [3.63, 3.8) is 0 Å². The van der Waals surface area contributed by atoms with Crippen LogP contribution < -0.4 is 0 Å². The molecule has 4 rings (SSSR count). The van der Waals surface area contributed by atoms with Gasteiger partial charge in [0.2, 0.25) is 0 Å². The molecule has 2 fully saturated rings. The Labute approximate surface area is 183 Å². The molecule has 2 aromatic carbocycles. The van der Waals surface area contributed by atoms with Gasteiger partial charge in [-0.2, -0.15) is 0 Å². The first-order valence-corrected chi connectivity index (χ1v) is 11.8. The Hall–Kier alpha value is -1.84. The van der Waals surface area contributed by atoms with E-state index in [1.165, 1.54) is 43.9 Å². The van der Waals surface area contributed by atoms with Gasteiger partial charge in [-0.3, -0.25) is 0 Å². The minimum Gasteiger partial charge on any atom is -0.206 e. The van der Waals surface area contributed by atoms with Crippen LogP contribution in [0, 0.1) is 46.9 Å². The zero-order chi connectivity index (χ0) is 22.1. The molecule has 0 nitrogen and oxygen atoms in total. The molecule has 0 atom stereocenters. The maximum Gasteiger partial charge on any atom is 0.159 e. The van der Waals surface area contributed by atoms with E-state index < -0.39 is 23.3 Å². The molecule has 0 saturated heterocycles. The molecule has 0 aliphatic heterocycles. The van der Waals surface area contributed by atoms with Crippen molar-refractivity contribution in [1.82, 2.24) is 0 Å². The quantitative estimate of drug-likeness (QED) is 0.424. The maximum atomic E-state index is 14.8. The van der Waals surface area contributed by atoms with Crippen molar-refractivity contribution in [2.24, 2.45) is 23.7 Å². The van der Waals surface area contributed by atoms with E-state index in [1.807, 2.05) is 0 Å². The lowest BCUT2D eigenvalue weighted by molar-refractivity contribution is 0.142. The summed E-state index contributed by atoms with van der Waals surface area (Å²) in [7, 11) is 0. The Morgan fingerprint density at radius 3 is 1.71 bits per heavy atom. The van der Waals surface area contributed by atoms with E-state index in [1.54, 1.807) is 0 Å². The molecule has 2 aromatic rings. The normalized spacial score (nSPS) is 26.9. The molecule has 4 heteroatoms. The van der Waals surface area contributed by atoms with Crippen LogP contribution in [0.25, 0.3) is 11.1 Å². The van der Waals surface area contributed by atoms with Gasteiger partial charge in [-0.1, -0.05) is 19.9 Å². The Morgan fingerprint density at radius 2 is 1.19 bits per heavy atom. The average molecular weight is 433 g/mol. The van der Waals surface area contributed by atoms with Crippen molar-refractivity contribution < 1.29 is 17.6 Å². The van der Waals surface area contributed by atoms with Gasteiger partial charge < -0.3 is 0 Å². The van der Waals surface area contributed by atoms with Crippen molar-refractivity contribution in [1.29, 1.82) is 0 Å². The molecule has 0 bridgehead atoms. The van der Waals surface area contributed by atoms with Crippen LogP contribution in [0.4, 0.5) is 17.6 Å². The lowest BCUT2D eigenvalue weighted by Crippen LogP contribution is -2.26. The summed E-state index contributed by atoms with van der Waals surface area (Å²) in [4.78, 5) is 0. The molecule has 0 heterocycles. The second-order valence-electron chi connectivity index (χ2n) is 10.0. The monoisotopic (exact) mass is 432 g/mol. The van der Waals surface area contributed by atoms with Crippen molar-refractivity contribution in [3.05, 3.63) is 59.2 Å². The molecule has 2 aliphatic rings. The summed E-state index contributed by atoms with van der Waals surface area (Å²) < 4.78 is 56.3. The van der Waals surface area contributed by atoms with Crippen molar-refractivity contribution in [2.75, 3.05) is 0 Å². The number of halogens is 4. The van der Waals surface area contributed by atoms with Crippen molar-refractivity contribution in [2.45, 2.75) is 71.1 Å². The molecular formula is C27H32F4. The lowest BCUT2D eigenvalue weighted by Gasteiger charge is -2.39. The van der Waals surface area contributed by atoms with Crippen LogP contribution in [-0.4, -0.2) is 0 Å². The van der Waals surface area contributed by atoms with Crippen molar-refractivity contribution in [3.8, 4) is 11.1 Å². The third-order valence-corrected chi connectivity index (χ3v) is 7.94. The van der Waals surface area contributed by atoms with E-state index in [0.29, 0.717) is 5.56 Å². The highest BCUT2D eigenvalue weighted by molar-refractivity contribution is 5.65. The molecule has 0 amide bonds. The molecule has 0 aromatic heterocycles. The summed E-state index contributed by atoms with van der Waals surface area (Å²) in [5.74, 6) is -0.225. The standard InChI is InChI=1S/C27H32F4/c1-16(2)17-3-5-18(6-4-17)19-7-9-20(10-8-19)22-14-25(30)27(26(31)15-22)21-11-12-23(28)24(29)13-21/h11-20H,3-10H2,1-2H3. The van der Waals surface area contributed by atoms with Gasteiger partial charge in [0.15, 0.2) is 11.6 Å². The zero-order valence-corrected chi connectivity index (χ0v) is 18.4. The first-order chi connectivity index (χ1) is 14.8. The van der Waals surface area contributed by atoms with Crippen LogP contribution in [-0.2, 0) is 0 Å². The predicted molar refractivity (Wildman–Crippen MR) is 117 cm³/mol. The van der Waals surface area contributed by atoms with Gasteiger partial charge in [0.1, 0.15) is 11.6 Å². The minimum atomic E-state index is -1.11. The topological polar surface area (TPSA) is 0 Å². The summed E-state index contributed by atoms with van der Waals surface area (Å²) in [6.07, 6.45) is 9.48. The number of benzene rings is 2. The molecular weight excluding hydrogens is 400 g/mol. The lowest BCUT2D eigenvalue weighted by atomic mass is 9.67. The third-order valence-electron chi connectivity index (χ3n) is 7.94. The van der Waals surface area contributed by atoms with Crippen LogP contribution in [0.5, 0.6) is 0 Å². The molecule has 31 heavy (non-hydrogen) atoms. The van der Waals surface area contributed by atoms with Crippen LogP contribution in [0.1, 0.15) is 76.7 Å². The molecule has 168 valence electrons. The van der Waals surface area contributed by atoms with Gasteiger partial charge in [-0.15, -0.1) is 0 Å². The van der Waals surface area contributed by atoms with Gasteiger partial charge in [0.25, 0.3) is 0 Å². The van der Waals surface area contributed by atoms with Crippen LogP contribution in [0.3, 0.4) is 0 Å². The van der Waals surface area contributed by atoms with Gasteiger partial charge in [-0.05, 0) is 116 Å². The van der Waals surface area contributed by atoms with E-state index in [2.05, 4.69) is 13.8 Å². The molecule has 2 aliphatic carbocycles. The minimum absolute atomic E-state index is 0.0150. The first-order valence-electron chi connectivity index (χ1n) is 11.8. The largest absolute Gasteiger partial charge is 0.206 e. The fraction of sp³-hybridized carbons (Fsp3) is 0.556. The van der Waals surface area contributed by atoms with Crippen molar-refractivity contribution >= 4 is 0 Å². The summed E-state index contributed by atoms with van der Waals surface area (Å²) in [5.41, 5.74) is 0.405. The molecule has 0 radical (unpaired) electrons. The zero-order valence-electron chi connectivity index (χ0n) is 18.4. The fourth-order valence-electron chi connectivity index (χ4n) is 5.96. The van der Waals surface area contributed by atoms with Gasteiger partial charge in [0, 0.05) is 0 Å². The number of rotatable bonds is 4. The highest BCUT2D eigenvalue weighted by Crippen LogP contribution is 2.45. The Kier molecular flexibility index (Phi) is 6.74. The summed E-state index contributed by atoms with van der Waals surface area (Å²) >= 11 is 0. The van der Waals surface area contributed by atoms with E-state index in [0.717, 1.165) is 61.5 Å². The predicted octanol–water partition coefficient (Wildman–Crippen LogP) is 8.65. The highest BCUT2D eigenvalue weighted by Gasteiger charge is 2.32. The van der Waals surface area contributed by atoms with Crippen LogP contribution in [0.15, 0.2) is 30.3 Å². The summed E-state index contributed by atoms with van der Waals surface area (Å²) in [6.45, 7) is 4.65. The highest BCUT2D eigenvalue weighted by atomic mass is 19.2. The Bertz CT molecular complexity index is 880. The molecule has 0 N–H and O–H groups in total. The van der Waals surface area contributed by atoms with Crippen LogP contribution in [0.2, 0.25) is 0 Å². The second-order valence-corrected chi connectivity index (χ2v) is 10.0. The first kappa shape index (κ1) is 22.4. The summed E-state index contributed by atoms with van der Waals surface area (Å²) in [6, 6.07) is 5.72. The van der Waals surface area contributed by atoms with Crippen LogP contribution >= 0.6 is 0 Å². The van der Waals surface area contributed by atoms with Gasteiger partial charge >= 0.3 is 0 Å². The number of hydrogen-bond acceptors (Lipinski definition) is 0. The van der Waals surface area contributed by atoms with E-state index >= 15 is 0 Å². The third kappa shape index (κ3) is 4.83. The number of hydrogen-bond donors (Lipinski definition) is 0. The maximum absolute atomic E-state index is 14.8. The molecule has 2 saturated carbocycles. The van der Waals surface area contributed by atoms with E-state index in [-0.39, 0.29) is 17.0 Å². The molecule has 0 spiro atoms. The summed E-state index contributed by atoms with van der Waals surface area (Å²) in [5, 5.41) is 0. The Balaban J connectivity index is 1.42.